The van der Waals surface area contributed by atoms with Gasteiger partial charge in [-0.3, -0.25) is 14.6 Å². The molecule has 0 saturated heterocycles. The highest BCUT2D eigenvalue weighted by Gasteiger charge is 2.32. The molecule has 23 nitrogen and oxygen atoms in total. The maximum atomic E-state index is 10.7. The number of aromatic hydroxyl groups is 3. The average molecular weight is 1920 g/mol. The first-order valence-electron chi connectivity index (χ1n) is 48.1. The summed E-state index contributed by atoms with van der Waals surface area (Å²) in [4.78, 5) is 24.2. The molecule has 23 heteroatoms. The van der Waals surface area contributed by atoms with Crippen molar-refractivity contribution in [3.63, 3.8) is 0 Å². The smallest absolute Gasteiger partial charge is 0.302 e. The van der Waals surface area contributed by atoms with Crippen molar-refractivity contribution in [1.82, 2.24) is 9.80 Å². The third kappa shape index (κ3) is 26.9. The molecule has 0 fully saturated rings. The molecule has 0 atom stereocenters. The Balaban J connectivity index is 0.000000140. The highest BCUT2D eigenvalue weighted by Crippen LogP contribution is 2.44. The number of rotatable bonds is 22. The van der Waals surface area contributed by atoms with Crippen LogP contribution in [0.15, 0.2) is 267 Å². The van der Waals surface area contributed by atoms with Crippen molar-refractivity contribution >= 4 is 28.7 Å². The number of hydrogen-bond donors (Lipinski definition) is 6. The Bertz CT molecular complexity index is 6160. The lowest BCUT2D eigenvalue weighted by molar-refractivity contribution is -0.142. The summed E-state index contributed by atoms with van der Waals surface area (Å²) in [5.74, 6) is 6.03. The van der Waals surface area contributed by atoms with Gasteiger partial charge in [0.25, 0.3) is 0 Å². The van der Waals surface area contributed by atoms with Gasteiger partial charge in [0.05, 0.1) is 13.2 Å². The number of aliphatic hydroxyl groups is 3. The Hall–Kier alpha value is -14.4. The molecular formula is C119H134N6O17. The third-order valence-corrected chi connectivity index (χ3v) is 26.1. The quantitative estimate of drug-likeness (QED) is 0.0272. The second-order valence-electron chi connectivity index (χ2n) is 38.8. The van der Waals surface area contributed by atoms with Crippen LogP contribution in [0, 0.1) is 26.1 Å². The number of phenols is 3. The van der Waals surface area contributed by atoms with Crippen molar-refractivity contribution < 1.29 is 82.8 Å². The van der Waals surface area contributed by atoms with Crippen LogP contribution in [0.2, 0.25) is 0 Å². The summed E-state index contributed by atoms with van der Waals surface area (Å²) in [5.41, 5.74) is 27.0. The highest BCUT2D eigenvalue weighted by atomic mass is 16.5. The monoisotopic (exact) mass is 1920 g/mol. The first kappa shape index (κ1) is 104. The Labute approximate surface area is 836 Å². The Morgan fingerprint density at radius 3 is 0.972 bits per heavy atom. The van der Waals surface area contributed by atoms with E-state index in [9.17, 15) is 20.1 Å². The second-order valence-corrected chi connectivity index (χ2v) is 38.8. The van der Waals surface area contributed by atoms with E-state index in [4.69, 9.17) is 62.7 Å². The van der Waals surface area contributed by atoms with Gasteiger partial charge in [-0.2, -0.15) is 0 Å². The molecule has 142 heavy (non-hydrogen) atoms. The number of carbonyl (C=O) groups is 1. The number of para-hydroxylation sites is 4. The van der Waals surface area contributed by atoms with Crippen LogP contribution >= 0.6 is 0 Å². The fourth-order valence-electron chi connectivity index (χ4n) is 18.1. The first-order chi connectivity index (χ1) is 68.4. The fraction of sp³-hybridized carbons (Fsp3) is 0.319. The van der Waals surface area contributed by atoms with Crippen LogP contribution in [-0.2, 0) is 125 Å². The summed E-state index contributed by atoms with van der Waals surface area (Å²) < 4.78 is 55.6. The topological polar surface area (TPSA) is 250 Å². The van der Waals surface area contributed by atoms with E-state index >= 15 is 0 Å². The van der Waals surface area contributed by atoms with Crippen LogP contribution in [0.5, 0.6) is 51.7 Å². The molecule has 0 bridgehead atoms. The molecule has 6 aliphatic heterocycles. The van der Waals surface area contributed by atoms with Gasteiger partial charge in [-0.15, -0.1) is 0 Å². The van der Waals surface area contributed by atoms with Crippen LogP contribution in [0.25, 0.3) is 0 Å². The Morgan fingerprint density at radius 2 is 0.641 bits per heavy atom. The number of aryl methyl sites for hydroxylation is 2. The lowest BCUT2D eigenvalue weighted by Crippen LogP contribution is -2.32. The maximum absolute atomic E-state index is 10.7. The van der Waals surface area contributed by atoms with Gasteiger partial charge in [0.15, 0.2) is 39.1 Å². The fourth-order valence-corrected chi connectivity index (χ4v) is 18.1. The molecule has 0 radical (unpaired) electrons. The summed E-state index contributed by atoms with van der Waals surface area (Å²) in [6, 6.07) is 92.7. The van der Waals surface area contributed by atoms with Gasteiger partial charge in [-0.1, -0.05) is 187 Å². The van der Waals surface area contributed by atoms with Gasteiger partial charge in [-0.25, -0.2) is 0 Å². The Kier molecular flexibility index (Phi) is 35.1. The van der Waals surface area contributed by atoms with Gasteiger partial charge in [-0.05, 0) is 242 Å². The largest absolute Gasteiger partial charge is 0.507 e. The Morgan fingerprint density at radius 1 is 0.352 bits per heavy atom. The minimum Gasteiger partial charge on any atom is -0.507 e. The minimum absolute atomic E-state index is 0.00147. The van der Waals surface area contributed by atoms with Crippen LogP contribution in [0.4, 0.5) is 22.7 Å². The number of fused-ring (bicyclic) bond motifs is 6. The number of anilines is 4. The van der Waals surface area contributed by atoms with Crippen molar-refractivity contribution in [3.8, 4) is 64.0 Å². The standard InChI is InChI=1S/C31H30N2O2.C29H26N2O2.C21H26N2O2.C14H22O3.C13H14O5.C11H16O3/c1-31(2,25-13-15-29-23(17-25)19-32(21-34-29)27-9-5-3-6-10-27)26-14-16-30-24(18-26)20-33(22-35-30)28-11-7-4-8-12-28;1-3-7-26(8-4-1)30-18-24-16-22(11-13-28(24)32-20-30)15-23-12-14-29-25(17-23)19-31(21-33-29)27-9-5-2-6-10-27;1-21(2,17-5-7-19-15(9-17)11-22(3)13-24-19)18-6-8-20-16(10-18)12-23(4)14-25-20;1-14(2,3)12-7-10(5-6-15)13(16)11(8-12)9-17-4;1-9-5-11(7-17-4-3-14)13(16)12(6-9)8-18-10(2)15;1-8-5-9(3-4-12)11(13)10(6-8)7-14-2/h3-18H,19-22H2,1-2H3;1-14,16-17H,15,18-21H2;5-10H,11-14H2,1-4H3;7-8,15-16H,5-6,9H2,1-4H3;5-6,14,16H,7-8H2,1-2H3;5-6,12-13H,3-4,7H2,1-2H3. The number of benzene rings is 13. The number of ether oxygens (including phenoxy) is 10. The van der Waals surface area contributed by atoms with Crippen LogP contribution in [-0.4, -0.2) is 128 Å². The average Bonchev–Trinajstić information content (AvgIpc) is 0.766. The molecule has 6 N–H and O–H groups in total. The molecule has 0 spiro atoms. The van der Waals surface area contributed by atoms with Crippen molar-refractivity contribution in [3.05, 3.63) is 384 Å². The molecular weight excluding hydrogens is 1790 g/mol. The summed E-state index contributed by atoms with van der Waals surface area (Å²) in [6.45, 7) is 30.4. The number of hydrogen-bond acceptors (Lipinski definition) is 23. The van der Waals surface area contributed by atoms with Crippen molar-refractivity contribution in [2.75, 3.05) is 102 Å². The number of nitrogens with zero attached hydrogens (tertiary/aromatic N) is 6. The van der Waals surface area contributed by atoms with Gasteiger partial charge in [0.2, 0.25) is 0 Å². The van der Waals surface area contributed by atoms with E-state index < -0.39 is 5.97 Å². The maximum Gasteiger partial charge on any atom is 0.302 e. The van der Waals surface area contributed by atoms with Gasteiger partial charge < -0.3 is 97.6 Å². The normalized spacial score (nSPS) is 13.9. The summed E-state index contributed by atoms with van der Waals surface area (Å²) in [7, 11) is 7.36. The van der Waals surface area contributed by atoms with Gasteiger partial charge in [0, 0.05) is 163 Å². The van der Waals surface area contributed by atoms with E-state index in [2.05, 4.69) is 298 Å². The van der Waals surface area contributed by atoms with Crippen molar-refractivity contribution in [2.24, 2.45) is 0 Å². The summed E-state index contributed by atoms with van der Waals surface area (Å²) in [5, 5.41) is 55.9. The van der Waals surface area contributed by atoms with Crippen LogP contribution < -0.4 is 48.0 Å². The minimum atomic E-state index is -0.417. The first-order valence-corrected chi connectivity index (χ1v) is 48.1. The van der Waals surface area contributed by atoms with Gasteiger partial charge in [0.1, 0.15) is 78.4 Å². The molecule has 19 rings (SSSR count). The zero-order valence-corrected chi connectivity index (χ0v) is 84.1. The number of phenolic OH excluding ortho intramolecular Hbond substituents is 3. The zero-order valence-electron chi connectivity index (χ0n) is 84.1. The molecule has 13 aromatic carbocycles. The van der Waals surface area contributed by atoms with Crippen LogP contribution in [0.3, 0.4) is 0 Å². The lowest BCUT2D eigenvalue weighted by atomic mass is 9.77. The lowest BCUT2D eigenvalue weighted by Gasteiger charge is -2.34. The molecule has 742 valence electrons. The number of esters is 1. The van der Waals surface area contributed by atoms with Crippen molar-refractivity contribution in [2.45, 2.75) is 170 Å². The van der Waals surface area contributed by atoms with Crippen molar-refractivity contribution in [1.29, 1.82) is 0 Å². The van der Waals surface area contributed by atoms with E-state index in [0.29, 0.717) is 77.6 Å². The predicted molar refractivity (Wildman–Crippen MR) is 558 cm³/mol. The molecule has 6 aliphatic rings. The molecule has 0 saturated carbocycles. The zero-order chi connectivity index (χ0) is 101. The molecule has 0 aliphatic carbocycles. The van der Waals surface area contributed by atoms with E-state index in [0.717, 1.165) is 119 Å². The summed E-state index contributed by atoms with van der Waals surface area (Å²) in [6.07, 6.45) is 5.45. The predicted octanol–water partition coefficient (Wildman–Crippen LogP) is 21.6. The highest BCUT2D eigenvalue weighted by molar-refractivity contribution is 5.66. The molecule has 0 unspecified atom stereocenters. The SMILES string of the molecule is CC(=O)OCc1cc(C)cc(COC#CO)c1O.CC(C)(c1ccc2c(c1)CN(c1ccccc1)CO2)c1ccc2c(c1)CN(c1ccccc1)CO2.CN1COc2ccc(C(C)(C)c3ccc4c(c3)CN(C)CO4)cc2C1.COCc1cc(C(C)(C)C)cc(CCO)c1O.COCc1cc(C)cc(CCO)c1O.c1ccc(N2COc3ccc(Cc4ccc5c(c4)CN(c4ccccc4)CO5)cc3C2)cc1. The van der Waals surface area contributed by atoms with E-state index in [1.165, 1.54) is 96.4 Å². The molecule has 6 heterocycles. The number of carbonyl (C=O) groups excluding carboxylic acids is 1. The van der Waals surface area contributed by atoms with E-state index in [1.54, 1.807) is 32.5 Å². The van der Waals surface area contributed by atoms with E-state index in [1.807, 2.05) is 68.5 Å². The third-order valence-electron chi connectivity index (χ3n) is 26.1. The molecule has 0 aromatic heterocycles. The van der Waals surface area contributed by atoms with Gasteiger partial charge >= 0.3 is 5.97 Å². The van der Waals surface area contributed by atoms with E-state index in [-0.39, 0.29) is 59.9 Å². The second kappa shape index (κ2) is 48.2. The summed E-state index contributed by atoms with van der Waals surface area (Å²) >= 11 is 0. The molecule has 0 amide bonds. The van der Waals surface area contributed by atoms with Crippen LogP contribution in [0.1, 0.15) is 172 Å². The molecule has 13 aromatic rings. The number of aliphatic hydroxyl groups excluding tert-OH is 3. The number of methoxy groups -OCH3 is 2.